The van der Waals surface area contributed by atoms with Crippen molar-refractivity contribution < 1.29 is 9.18 Å². The second kappa shape index (κ2) is 6.72. The molecule has 0 saturated carbocycles. The molecule has 0 aliphatic heterocycles. The summed E-state index contributed by atoms with van der Waals surface area (Å²) in [5.74, 6) is -0.329. The van der Waals surface area contributed by atoms with Crippen molar-refractivity contribution >= 4 is 17.4 Å². The molecule has 1 aromatic rings. The molecule has 0 amide bonds. The molecule has 0 atom stereocenters. The van der Waals surface area contributed by atoms with Gasteiger partial charge in [-0.3, -0.25) is 4.79 Å². The third-order valence-corrected chi connectivity index (χ3v) is 2.63. The maximum absolute atomic E-state index is 12.9. The van der Waals surface area contributed by atoms with Crippen molar-refractivity contribution in [3.8, 4) is 0 Å². The molecule has 0 spiro atoms. The number of rotatable bonds is 6. The summed E-state index contributed by atoms with van der Waals surface area (Å²) < 4.78 is 12.9. The van der Waals surface area contributed by atoms with E-state index >= 15 is 0 Å². The number of halogens is 2. The van der Waals surface area contributed by atoms with Crippen molar-refractivity contribution in [2.24, 2.45) is 0 Å². The Morgan fingerprint density at radius 2 is 2.18 bits per heavy atom. The van der Waals surface area contributed by atoms with Gasteiger partial charge in [0.1, 0.15) is 11.6 Å². The predicted molar refractivity (Wildman–Crippen MR) is 67.9 cm³/mol. The third-order valence-electron chi connectivity index (χ3n) is 2.34. The van der Waals surface area contributed by atoms with Gasteiger partial charge in [-0.1, -0.05) is 31.5 Å². The van der Waals surface area contributed by atoms with Crippen LogP contribution in [-0.2, 0) is 11.2 Å². The Bertz CT molecular complexity index is 393. The van der Waals surface area contributed by atoms with Crippen LogP contribution in [0.25, 0.3) is 0 Å². The molecule has 1 aromatic carbocycles. The summed E-state index contributed by atoms with van der Waals surface area (Å²) in [5, 5.41) is 3.24. The van der Waals surface area contributed by atoms with E-state index in [1.165, 1.54) is 12.1 Å². The molecule has 0 bridgehead atoms. The molecule has 0 radical (unpaired) electrons. The van der Waals surface area contributed by atoms with Gasteiger partial charge in [-0.25, -0.2) is 4.39 Å². The SMILES string of the molecule is CC(C)NCCC(=O)Cc1ccc(F)c(Cl)c1. The highest BCUT2D eigenvalue weighted by Crippen LogP contribution is 2.16. The van der Waals surface area contributed by atoms with Crippen molar-refractivity contribution in [1.29, 1.82) is 0 Å². The number of carbonyl (C=O) groups is 1. The molecule has 1 rings (SSSR count). The van der Waals surface area contributed by atoms with Crippen molar-refractivity contribution in [3.05, 3.63) is 34.6 Å². The molecule has 1 N–H and O–H groups in total. The molecule has 0 heterocycles. The van der Waals surface area contributed by atoms with E-state index in [9.17, 15) is 9.18 Å². The molecule has 0 aliphatic carbocycles. The van der Waals surface area contributed by atoms with Gasteiger partial charge in [0.25, 0.3) is 0 Å². The molecule has 0 aliphatic rings. The topological polar surface area (TPSA) is 29.1 Å². The van der Waals surface area contributed by atoms with Crippen LogP contribution in [0.2, 0.25) is 5.02 Å². The van der Waals surface area contributed by atoms with E-state index in [0.29, 0.717) is 25.4 Å². The van der Waals surface area contributed by atoms with Crippen LogP contribution in [-0.4, -0.2) is 18.4 Å². The quantitative estimate of drug-likeness (QED) is 0.849. The molecule has 4 heteroatoms. The van der Waals surface area contributed by atoms with Crippen LogP contribution in [0, 0.1) is 5.82 Å². The summed E-state index contributed by atoms with van der Waals surface area (Å²) in [6.45, 7) is 4.74. The van der Waals surface area contributed by atoms with E-state index in [-0.39, 0.29) is 10.8 Å². The van der Waals surface area contributed by atoms with Crippen LogP contribution < -0.4 is 5.32 Å². The minimum atomic E-state index is -0.454. The molecular formula is C13H17ClFNO. The summed E-state index contributed by atoms with van der Waals surface area (Å²) in [7, 11) is 0. The summed E-state index contributed by atoms with van der Waals surface area (Å²) in [5.41, 5.74) is 0.756. The number of benzene rings is 1. The van der Waals surface area contributed by atoms with Gasteiger partial charge >= 0.3 is 0 Å². The van der Waals surface area contributed by atoms with E-state index in [2.05, 4.69) is 5.32 Å². The Labute approximate surface area is 106 Å². The molecule has 2 nitrogen and oxygen atoms in total. The van der Waals surface area contributed by atoms with E-state index in [4.69, 9.17) is 11.6 Å². The van der Waals surface area contributed by atoms with Gasteiger partial charge in [-0.2, -0.15) is 0 Å². The van der Waals surface area contributed by atoms with E-state index in [0.717, 1.165) is 5.56 Å². The molecule has 17 heavy (non-hydrogen) atoms. The lowest BCUT2D eigenvalue weighted by atomic mass is 10.1. The fourth-order valence-electron chi connectivity index (χ4n) is 1.47. The molecule has 0 aromatic heterocycles. The normalized spacial score (nSPS) is 10.9. The summed E-state index contributed by atoms with van der Waals surface area (Å²) in [6, 6.07) is 4.76. The van der Waals surface area contributed by atoms with Gasteiger partial charge in [0, 0.05) is 25.4 Å². The standard InChI is InChI=1S/C13H17ClFNO/c1-9(2)16-6-5-11(17)7-10-3-4-13(15)12(14)8-10/h3-4,8-9,16H,5-7H2,1-2H3. The Hall–Kier alpha value is -0.930. The van der Waals surface area contributed by atoms with E-state index in [1.807, 2.05) is 13.8 Å². The monoisotopic (exact) mass is 257 g/mol. The number of Topliss-reactive ketones (excluding diaryl/α,β-unsaturated/α-hetero) is 1. The lowest BCUT2D eigenvalue weighted by Crippen LogP contribution is -2.25. The third kappa shape index (κ3) is 5.29. The van der Waals surface area contributed by atoms with Crippen LogP contribution in [0.4, 0.5) is 4.39 Å². The Kier molecular flexibility index (Phi) is 5.59. The summed E-state index contributed by atoms with van der Waals surface area (Å²) in [6.07, 6.45) is 0.785. The fraction of sp³-hybridized carbons (Fsp3) is 0.462. The number of hydrogen-bond acceptors (Lipinski definition) is 2. The maximum Gasteiger partial charge on any atom is 0.141 e. The zero-order chi connectivity index (χ0) is 12.8. The van der Waals surface area contributed by atoms with E-state index < -0.39 is 5.82 Å². The second-order valence-electron chi connectivity index (χ2n) is 4.32. The highest BCUT2D eigenvalue weighted by Gasteiger charge is 2.06. The van der Waals surface area contributed by atoms with Crippen LogP contribution in [0.3, 0.4) is 0 Å². The minimum absolute atomic E-state index is 0.0654. The Morgan fingerprint density at radius 3 is 2.76 bits per heavy atom. The van der Waals surface area contributed by atoms with Crippen LogP contribution in [0.15, 0.2) is 18.2 Å². The molecule has 0 fully saturated rings. The van der Waals surface area contributed by atoms with Gasteiger partial charge < -0.3 is 5.32 Å². The average Bonchev–Trinajstić information content (AvgIpc) is 2.23. The number of ketones is 1. The Balaban J connectivity index is 2.42. The van der Waals surface area contributed by atoms with Crippen LogP contribution in [0.5, 0.6) is 0 Å². The number of hydrogen-bond donors (Lipinski definition) is 1. The molecule has 94 valence electrons. The van der Waals surface area contributed by atoms with E-state index in [1.54, 1.807) is 6.07 Å². The van der Waals surface area contributed by atoms with Crippen molar-refractivity contribution in [3.63, 3.8) is 0 Å². The average molecular weight is 258 g/mol. The zero-order valence-corrected chi connectivity index (χ0v) is 10.9. The first kappa shape index (κ1) is 14.1. The fourth-order valence-corrected chi connectivity index (χ4v) is 1.67. The highest BCUT2D eigenvalue weighted by atomic mass is 35.5. The molecular weight excluding hydrogens is 241 g/mol. The minimum Gasteiger partial charge on any atom is -0.314 e. The largest absolute Gasteiger partial charge is 0.314 e. The lowest BCUT2D eigenvalue weighted by Gasteiger charge is -2.07. The predicted octanol–water partition coefficient (Wildman–Crippen LogP) is 2.98. The molecule has 0 unspecified atom stereocenters. The summed E-state index contributed by atoms with van der Waals surface area (Å²) in [4.78, 5) is 11.6. The van der Waals surface area contributed by atoms with Gasteiger partial charge in [-0.05, 0) is 17.7 Å². The number of carbonyl (C=O) groups excluding carboxylic acids is 1. The second-order valence-corrected chi connectivity index (χ2v) is 4.73. The van der Waals surface area contributed by atoms with Gasteiger partial charge in [0.2, 0.25) is 0 Å². The van der Waals surface area contributed by atoms with Gasteiger partial charge in [-0.15, -0.1) is 0 Å². The lowest BCUT2D eigenvalue weighted by molar-refractivity contribution is -0.118. The van der Waals surface area contributed by atoms with Crippen LogP contribution >= 0.6 is 11.6 Å². The zero-order valence-electron chi connectivity index (χ0n) is 10.1. The van der Waals surface area contributed by atoms with Gasteiger partial charge in [0.05, 0.1) is 5.02 Å². The smallest absolute Gasteiger partial charge is 0.141 e. The maximum atomic E-state index is 12.9. The molecule has 0 saturated heterocycles. The van der Waals surface area contributed by atoms with Gasteiger partial charge in [0.15, 0.2) is 0 Å². The first-order chi connectivity index (χ1) is 7.99. The van der Waals surface area contributed by atoms with Crippen molar-refractivity contribution in [2.45, 2.75) is 32.7 Å². The first-order valence-corrected chi connectivity index (χ1v) is 6.06. The first-order valence-electron chi connectivity index (χ1n) is 5.68. The van der Waals surface area contributed by atoms with Crippen LogP contribution in [0.1, 0.15) is 25.8 Å². The Morgan fingerprint density at radius 1 is 1.47 bits per heavy atom. The highest BCUT2D eigenvalue weighted by molar-refractivity contribution is 6.30. The van der Waals surface area contributed by atoms with Crippen molar-refractivity contribution in [1.82, 2.24) is 5.32 Å². The summed E-state index contributed by atoms with van der Waals surface area (Å²) >= 11 is 5.64. The van der Waals surface area contributed by atoms with Crippen molar-refractivity contribution in [2.75, 3.05) is 6.54 Å². The number of nitrogens with one attached hydrogen (secondary N) is 1.